The van der Waals surface area contributed by atoms with E-state index in [1.54, 1.807) is 0 Å². The summed E-state index contributed by atoms with van der Waals surface area (Å²) < 4.78 is 0. The van der Waals surface area contributed by atoms with Crippen molar-refractivity contribution in [2.75, 3.05) is 18.0 Å². The summed E-state index contributed by atoms with van der Waals surface area (Å²) in [6, 6.07) is 8.26. The third-order valence-electron chi connectivity index (χ3n) is 4.23. The molecule has 0 unspecified atom stereocenters. The summed E-state index contributed by atoms with van der Waals surface area (Å²) in [6.07, 6.45) is 4.81. The van der Waals surface area contributed by atoms with Crippen molar-refractivity contribution >= 4 is 11.6 Å². The Morgan fingerprint density at radius 2 is 1.95 bits per heavy atom. The number of aryl methyl sites for hydroxylation is 1. The number of benzene rings is 1. The molecule has 1 heterocycles. The minimum atomic E-state index is 0.212. The van der Waals surface area contributed by atoms with Gasteiger partial charge in [0.15, 0.2) is 0 Å². The van der Waals surface area contributed by atoms with Gasteiger partial charge in [-0.25, -0.2) is 0 Å². The smallest absolute Gasteiger partial charge is 0.227 e. The maximum absolute atomic E-state index is 12.1. The number of hydrogen-bond acceptors (Lipinski definition) is 2. The van der Waals surface area contributed by atoms with Crippen molar-refractivity contribution in [1.29, 1.82) is 0 Å². The Morgan fingerprint density at radius 1 is 1.20 bits per heavy atom. The predicted octanol–water partition coefficient (Wildman–Crippen LogP) is 3.12. The van der Waals surface area contributed by atoms with Crippen LogP contribution in [0.2, 0.25) is 0 Å². The van der Waals surface area contributed by atoms with E-state index in [0.29, 0.717) is 6.42 Å². The zero-order chi connectivity index (χ0) is 14.6. The van der Waals surface area contributed by atoms with Crippen LogP contribution < -0.4 is 10.6 Å². The normalized spacial score (nSPS) is 15.3. The van der Waals surface area contributed by atoms with Gasteiger partial charge in [0, 0.05) is 18.7 Å². The van der Waals surface area contributed by atoms with Gasteiger partial charge in [-0.15, -0.1) is 0 Å². The lowest BCUT2D eigenvalue weighted by Gasteiger charge is -2.30. The summed E-state index contributed by atoms with van der Waals surface area (Å²) in [5.74, 6) is 0.266. The quantitative estimate of drug-likeness (QED) is 0.810. The minimum absolute atomic E-state index is 0.212. The van der Waals surface area contributed by atoms with Crippen LogP contribution in [0.3, 0.4) is 0 Å². The van der Waals surface area contributed by atoms with E-state index in [2.05, 4.69) is 32.0 Å². The molecular weight excluding hydrogens is 248 g/mol. The zero-order valence-corrected chi connectivity index (χ0v) is 12.7. The van der Waals surface area contributed by atoms with E-state index in [-0.39, 0.29) is 11.3 Å². The predicted molar refractivity (Wildman–Crippen MR) is 83.8 cm³/mol. The standard InChI is InChI=1S/C17H26N2O/c1-17(2,13-18)11-5-6-12-19-15-8-4-3-7-14(15)9-10-16(19)20/h3-4,7-8H,5-6,9-13,18H2,1-2H3. The fourth-order valence-corrected chi connectivity index (χ4v) is 2.72. The fourth-order valence-electron chi connectivity index (χ4n) is 2.72. The molecule has 2 N–H and O–H groups in total. The van der Waals surface area contributed by atoms with Gasteiger partial charge in [0.25, 0.3) is 0 Å². The molecule has 0 aliphatic carbocycles. The molecule has 20 heavy (non-hydrogen) atoms. The van der Waals surface area contributed by atoms with Crippen LogP contribution in [0.15, 0.2) is 24.3 Å². The number of amides is 1. The van der Waals surface area contributed by atoms with E-state index in [1.807, 2.05) is 11.0 Å². The molecular formula is C17H26N2O. The minimum Gasteiger partial charge on any atom is -0.330 e. The number of rotatable bonds is 6. The van der Waals surface area contributed by atoms with Gasteiger partial charge in [-0.05, 0) is 42.9 Å². The topological polar surface area (TPSA) is 46.3 Å². The number of hydrogen-bond donors (Lipinski definition) is 1. The van der Waals surface area contributed by atoms with Gasteiger partial charge >= 0.3 is 0 Å². The van der Waals surface area contributed by atoms with Crippen LogP contribution in [0.4, 0.5) is 5.69 Å². The van der Waals surface area contributed by atoms with Gasteiger partial charge in [-0.1, -0.05) is 38.5 Å². The van der Waals surface area contributed by atoms with E-state index in [4.69, 9.17) is 5.73 Å². The van der Waals surface area contributed by atoms with Gasteiger partial charge in [0.2, 0.25) is 5.91 Å². The van der Waals surface area contributed by atoms with Crippen LogP contribution in [-0.2, 0) is 11.2 Å². The summed E-state index contributed by atoms with van der Waals surface area (Å²) >= 11 is 0. The van der Waals surface area contributed by atoms with Crippen LogP contribution in [-0.4, -0.2) is 19.0 Å². The molecule has 0 fully saturated rings. The third-order valence-corrected chi connectivity index (χ3v) is 4.23. The van der Waals surface area contributed by atoms with Crippen molar-refractivity contribution in [3.8, 4) is 0 Å². The number of unbranched alkanes of at least 4 members (excludes halogenated alkanes) is 1. The van der Waals surface area contributed by atoms with Crippen LogP contribution >= 0.6 is 0 Å². The molecule has 0 radical (unpaired) electrons. The lowest BCUT2D eigenvalue weighted by Crippen LogP contribution is -2.36. The Balaban J connectivity index is 1.91. The molecule has 2 rings (SSSR count). The molecule has 0 atom stereocenters. The zero-order valence-electron chi connectivity index (χ0n) is 12.7. The fraction of sp³-hybridized carbons (Fsp3) is 0.588. The van der Waals surface area contributed by atoms with Crippen molar-refractivity contribution in [2.45, 2.75) is 46.0 Å². The Kier molecular flexibility index (Phi) is 4.81. The number of carbonyl (C=O) groups is 1. The molecule has 0 bridgehead atoms. The van der Waals surface area contributed by atoms with Crippen molar-refractivity contribution in [3.63, 3.8) is 0 Å². The summed E-state index contributed by atoms with van der Waals surface area (Å²) in [5.41, 5.74) is 8.38. The average Bonchev–Trinajstić information content (AvgIpc) is 2.45. The van der Waals surface area contributed by atoms with E-state index >= 15 is 0 Å². The highest BCUT2D eigenvalue weighted by Gasteiger charge is 2.23. The van der Waals surface area contributed by atoms with Crippen LogP contribution in [0.1, 0.15) is 45.1 Å². The van der Waals surface area contributed by atoms with Crippen molar-refractivity contribution in [3.05, 3.63) is 29.8 Å². The number of carbonyl (C=O) groups excluding carboxylic acids is 1. The summed E-state index contributed by atoms with van der Waals surface area (Å²) in [5, 5.41) is 0. The lowest BCUT2D eigenvalue weighted by molar-refractivity contribution is -0.118. The molecule has 0 saturated heterocycles. The van der Waals surface area contributed by atoms with E-state index in [1.165, 1.54) is 5.56 Å². The Hall–Kier alpha value is -1.35. The lowest BCUT2D eigenvalue weighted by atomic mass is 9.87. The molecule has 1 amide bonds. The maximum atomic E-state index is 12.1. The molecule has 3 nitrogen and oxygen atoms in total. The molecule has 0 spiro atoms. The first-order valence-corrected chi connectivity index (χ1v) is 7.62. The van der Waals surface area contributed by atoms with Crippen LogP contribution in [0.25, 0.3) is 0 Å². The monoisotopic (exact) mass is 274 g/mol. The molecule has 0 aromatic heterocycles. The Bertz CT molecular complexity index is 468. The van der Waals surface area contributed by atoms with Gasteiger partial charge in [0.1, 0.15) is 0 Å². The highest BCUT2D eigenvalue weighted by molar-refractivity contribution is 5.96. The number of para-hydroxylation sites is 1. The van der Waals surface area contributed by atoms with Crippen molar-refractivity contribution < 1.29 is 4.79 Å². The number of nitrogens with zero attached hydrogens (tertiary/aromatic N) is 1. The molecule has 3 heteroatoms. The SMILES string of the molecule is CC(C)(CN)CCCCN1C(=O)CCc2ccccc21. The number of anilines is 1. The molecule has 1 aliphatic rings. The molecule has 0 saturated carbocycles. The van der Waals surface area contributed by atoms with Gasteiger partial charge in [0.05, 0.1) is 0 Å². The van der Waals surface area contributed by atoms with Gasteiger partial charge < -0.3 is 10.6 Å². The van der Waals surface area contributed by atoms with Crippen molar-refractivity contribution in [1.82, 2.24) is 0 Å². The Labute approximate surface area is 122 Å². The average molecular weight is 274 g/mol. The first-order valence-electron chi connectivity index (χ1n) is 7.62. The van der Waals surface area contributed by atoms with Crippen molar-refractivity contribution in [2.24, 2.45) is 11.1 Å². The molecule has 110 valence electrons. The first kappa shape index (κ1) is 15.0. The summed E-state index contributed by atoms with van der Waals surface area (Å²) in [6.45, 7) is 5.96. The van der Waals surface area contributed by atoms with E-state index in [9.17, 15) is 4.79 Å². The number of nitrogens with two attached hydrogens (primary N) is 1. The number of fused-ring (bicyclic) bond motifs is 1. The first-order chi connectivity index (χ1) is 9.53. The van der Waals surface area contributed by atoms with Crippen LogP contribution in [0, 0.1) is 5.41 Å². The second-order valence-corrected chi connectivity index (χ2v) is 6.50. The van der Waals surface area contributed by atoms with Gasteiger partial charge in [-0.2, -0.15) is 0 Å². The summed E-state index contributed by atoms with van der Waals surface area (Å²) in [7, 11) is 0. The largest absolute Gasteiger partial charge is 0.330 e. The second-order valence-electron chi connectivity index (χ2n) is 6.50. The second kappa shape index (κ2) is 6.40. The highest BCUT2D eigenvalue weighted by Crippen LogP contribution is 2.28. The Morgan fingerprint density at radius 3 is 2.70 bits per heavy atom. The highest BCUT2D eigenvalue weighted by atomic mass is 16.2. The molecule has 1 aromatic carbocycles. The molecule has 1 aliphatic heterocycles. The van der Waals surface area contributed by atoms with Crippen LogP contribution in [0.5, 0.6) is 0 Å². The van der Waals surface area contributed by atoms with E-state index in [0.717, 1.165) is 44.5 Å². The summed E-state index contributed by atoms with van der Waals surface area (Å²) in [4.78, 5) is 14.1. The van der Waals surface area contributed by atoms with E-state index < -0.39 is 0 Å². The van der Waals surface area contributed by atoms with Gasteiger partial charge in [-0.3, -0.25) is 4.79 Å². The molecule has 1 aromatic rings. The maximum Gasteiger partial charge on any atom is 0.227 e. The third kappa shape index (κ3) is 3.60.